The number of rotatable bonds is 7. The van der Waals surface area contributed by atoms with Crippen molar-refractivity contribution in [2.45, 2.75) is 51.6 Å². The first kappa shape index (κ1) is 11.3. The van der Waals surface area contributed by atoms with Gasteiger partial charge in [0.25, 0.3) is 0 Å². The average Bonchev–Trinajstić information content (AvgIpc) is 2.04. The Morgan fingerprint density at radius 3 is 2.36 bits per heavy atom. The zero-order chi connectivity index (χ0) is 8.53. The van der Waals surface area contributed by atoms with Gasteiger partial charge in [-0.05, 0) is 6.42 Å². The summed E-state index contributed by atoms with van der Waals surface area (Å²) < 4.78 is 0. The fourth-order valence-corrected chi connectivity index (χ4v) is 1.26. The summed E-state index contributed by atoms with van der Waals surface area (Å²) in [6.45, 7) is 2.21. The van der Waals surface area contributed by atoms with Crippen LogP contribution in [0.4, 0.5) is 0 Å². The van der Waals surface area contributed by atoms with Crippen LogP contribution in [0, 0.1) is 0 Å². The highest BCUT2D eigenvalue weighted by Crippen LogP contribution is 2.07. The first-order valence-corrected chi connectivity index (χ1v) is 5.23. The Morgan fingerprint density at radius 2 is 1.82 bits per heavy atom. The predicted octanol–water partition coefficient (Wildman–Crippen LogP) is 2.64. The van der Waals surface area contributed by atoms with Gasteiger partial charge in [-0.2, -0.15) is 12.6 Å². The molecule has 1 atom stereocenters. The molecule has 0 aliphatic heterocycles. The third-order valence-corrected chi connectivity index (χ3v) is 2.27. The molecule has 0 heterocycles. The lowest BCUT2D eigenvalue weighted by Crippen LogP contribution is -2.07. The van der Waals surface area contributed by atoms with Crippen molar-refractivity contribution in [2.75, 3.05) is 5.75 Å². The lowest BCUT2D eigenvalue weighted by atomic mass is 10.1. The Morgan fingerprint density at radius 1 is 1.18 bits per heavy atom. The number of aliphatic hydroxyl groups is 1. The van der Waals surface area contributed by atoms with Gasteiger partial charge in [-0.1, -0.05) is 39.0 Å². The van der Waals surface area contributed by atoms with Gasteiger partial charge in [-0.15, -0.1) is 0 Å². The third-order valence-electron chi connectivity index (χ3n) is 1.85. The summed E-state index contributed by atoms with van der Waals surface area (Å²) in [6, 6.07) is 0. The van der Waals surface area contributed by atoms with Gasteiger partial charge in [0.15, 0.2) is 0 Å². The van der Waals surface area contributed by atoms with Crippen LogP contribution in [0.5, 0.6) is 0 Å². The van der Waals surface area contributed by atoms with Crippen LogP contribution in [0.15, 0.2) is 0 Å². The van der Waals surface area contributed by atoms with Crippen LogP contribution in [0.3, 0.4) is 0 Å². The van der Waals surface area contributed by atoms with Crippen molar-refractivity contribution in [3.8, 4) is 0 Å². The fraction of sp³-hybridized carbons (Fsp3) is 1.00. The van der Waals surface area contributed by atoms with Crippen molar-refractivity contribution in [3.05, 3.63) is 0 Å². The predicted molar refractivity (Wildman–Crippen MR) is 53.2 cm³/mol. The van der Waals surface area contributed by atoms with E-state index in [0.29, 0.717) is 5.75 Å². The second-order valence-electron chi connectivity index (χ2n) is 3.04. The number of unbranched alkanes of at least 4 members (excludes halogenated alkanes) is 4. The largest absolute Gasteiger partial charge is 0.392 e. The molecule has 0 aromatic heterocycles. The maximum atomic E-state index is 9.14. The van der Waals surface area contributed by atoms with E-state index in [4.69, 9.17) is 5.11 Å². The van der Waals surface area contributed by atoms with Crippen LogP contribution >= 0.6 is 12.6 Å². The van der Waals surface area contributed by atoms with E-state index in [9.17, 15) is 0 Å². The lowest BCUT2D eigenvalue weighted by Gasteiger charge is -2.05. The molecule has 1 unspecified atom stereocenters. The highest BCUT2D eigenvalue weighted by atomic mass is 32.1. The van der Waals surface area contributed by atoms with Gasteiger partial charge in [0.1, 0.15) is 0 Å². The minimum Gasteiger partial charge on any atom is -0.392 e. The molecular formula is C9H20OS. The van der Waals surface area contributed by atoms with E-state index >= 15 is 0 Å². The molecule has 0 saturated carbocycles. The molecular weight excluding hydrogens is 156 g/mol. The standard InChI is InChI=1S/C9H20OS/c1-2-3-4-5-6-7-9(10)8-11/h9-11H,2-8H2,1H3. The molecule has 0 saturated heterocycles. The Bertz CT molecular complexity index is 76.0. The molecule has 0 rings (SSSR count). The van der Waals surface area contributed by atoms with E-state index < -0.39 is 0 Å². The van der Waals surface area contributed by atoms with E-state index in [1.165, 1.54) is 25.7 Å². The van der Waals surface area contributed by atoms with Crippen molar-refractivity contribution in [1.29, 1.82) is 0 Å². The van der Waals surface area contributed by atoms with E-state index in [2.05, 4.69) is 19.6 Å². The quantitative estimate of drug-likeness (QED) is 0.451. The summed E-state index contributed by atoms with van der Waals surface area (Å²) in [5.74, 6) is 0.605. The van der Waals surface area contributed by atoms with Gasteiger partial charge in [0.05, 0.1) is 6.10 Å². The van der Waals surface area contributed by atoms with E-state index in [-0.39, 0.29) is 6.10 Å². The summed E-state index contributed by atoms with van der Waals surface area (Å²) in [6.07, 6.45) is 7.09. The van der Waals surface area contributed by atoms with Gasteiger partial charge < -0.3 is 5.11 Å². The minimum absolute atomic E-state index is 0.181. The molecule has 0 radical (unpaired) electrons. The van der Waals surface area contributed by atoms with Crippen molar-refractivity contribution in [2.24, 2.45) is 0 Å². The first-order valence-electron chi connectivity index (χ1n) is 4.60. The van der Waals surface area contributed by atoms with Crippen LogP contribution < -0.4 is 0 Å². The number of hydrogen-bond donors (Lipinski definition) is 2. The maximum absolute atomic E-state index is 9.14. The maximum Gasteiger partial charge on any atom is 0.0628 e. The topological polar surface area (TPSA) is 20.2 Å². The summed E-state index contributed by atoms with van der Waals surface area (Å²) in [5, 5.41) is 9.14. The Hall–Kier alpha value is 0.310. The second-order valence-corrected chi connectivity index (χ2v) is 3.40. The molecule has 1 N–H and O–H groups in total. The van der Waals surface area contributed by atoms with Crippen molar-refractivity contribution in [3.63, 3.8) is 0 Å². The molecule has 0 aromatic rings. The average molecular weight is 176 g/mol. The van der Waals surface area contributed by atoms with Crippen molar-refractivity contribution < 1.29 is 5.11 Å². The third kappa shape index (κ3) is 8.21. The molecule has 2 heteroatoms. The van der Waals surface area contributed by atoms with E-state index in [1.807, 2.05) is 0 Å². The van der Waals surface area contributed by atoms with Crippen LogP contribution in [-0.4, -0.2) is 17.0 Å². The van der Waals surface area contributed by atoms with Crippen LogP contribution in [0.2, 0.25) is 0 Å². The normalized spacial score (nSPS) is 13.4. The highest BCUT2D eigenvalue weighted by molar-refractivity contribution is 7.80. The zero-order valence-electron chi connectivity index (χ0n) is 7.42. The molecule has 0 aromatic carbocycles. The molecule has 0 aliphatic carbocycles. The minimum atomic E-state index is -0.181. The fourth-order valence-electron chi connectivity index (χ4n) is 1.07. The molecule has 68 valence electrons. The molecule has 0 amide bonds. The summed E-state index contributed by atoms with van der Waals surface area (Å²) in [5.41, 5.74) is 0. The Balaban J connectivity index is 2.89. The number of aliphatic hydroxyl groups excluding tert-OH is 1. The van der Waals surface area contributed by atoms with Crippen molar-refractivity contribution >= 4 is 12.6 Å². The van der Waals surface area contributed by atoms with E-state index in [1.54, 1.807) is 0 Å². The molecule has 0 fully saturated rings. The van der Waals surface area contributed by atoms with E-state index in [0.717, 1.165) is 12.8 Å². The smallest absolute Gasteiger partial charge is 0.0628 e. The van der Waals surface area contributed by atoms with Gasteiger partial charge in [0.2, 0.25) is 0 Å². The Labute approximate surface area is 75.6 Å². The SMILES string of the molecule is CCCCCCCC(O)CS. The van der Waals surface area contributed by atoms with Crippen LogP contribution in [0.25, 0.3) is 0 Å². The highest BCUT2D eigenvalue weighted by Gasteiger charge is 1.99. The first-order chi connectivity index (χ1) is 5.31. The van der Waals surface area contributed by atoms with Gasteiger partial charge in [-0.25, -0.2) is 0 Å². The molecule has 0 aliphatic rings. The summed E-state index contributed by atoms with van der Waals surface area (Å²) >= 11 is 4.01. The molecule has 1 nitrogen and oxygen atoms in total. The number of hydrogen-bond acceptors (Lipinski definition) is 2. The van der Waals surface area contributed by atoms with Crippen molar-refractivity contribution in [1.82, 2.24) is 0 Å². The van der Waals surface area contributed by atoms with Crippen LogP contribution in [0.1, 0.15) is 45.4 Å². The second kappa shape index (κ2) is 8.41. The van der Waals surface area contributed by atoms with Gasteiger partial charge >= 0.3 is 0 Å². The van der Waals surface area contributed by atoms with Gasteiger partial charge in [0, 0.05) is 5.75 Å². The van der Waals surface area contributed by atoms with Gasteiger partial charge in [-0.3, -0.25) is 0 Å². The summed E-state index contributed by atoms with van der Waals surface area (Å²) in [4.78, 5) is 0. The number of thiol groups is 1. The lowest BCUT2D eigenvalue weighted by molar-refractivity contribution is 0.185. The summed E-state index contributed by atoms with van der Waals surface area (Å²) in [7, 11) is 0. The monoisotopic (exact) mass is 176 g/mol. The molecule has 0 spiro atoms. The Kier molecular flexibility index (Phi) is 8.64. The zero-order valence-corrected chi connectivity index (χ0v) is 8.32. The van der Waals surface area contributed by atoms with Crippen LogP contribution in [-0.2, 0) is 0 Å². The molecule has 11 heavy (non-hydrogen) atoms. The molecule has 0 bridgehead atoms.